The molecule has 2 aromatic carbocycles. The molecule has 1 fully saturated rings. The number of aryl methyl sites for hydroxylation is 1. The number of thioether (sulfide) groups is 1. The molecule has 1 aromatic heterocycles. The van der Waals surface area contributed by atoms with Gasteiger partial charge in [0.05, 0.1) is 12.6 Å². The standard InChI is InChI=1S/C23H24FNOS/c1-17-7-5-13-25(17)16-19-11-12-20(15-21(19)24)27-22-10-6-14-26-23(22)18-8-3-2-4-9-18/h2-5,7-9,11-13,15,22-23H,6,10,14,16H2,1H3. The van der Waals surface area contributed by atoms with Crippen LogP contribution in [0.1, 0.15) is 35.8 Å². The highest BCUT2D eigenvalue weighted by molar-refractivity contribution is 8.00. The highest BCUT2D eigenvalue weighted by Crippen LogP contribution is 2.40. The lowest BCUT2D eigenvalue weighted by Gasteiger charge is -2.31. The Morgan fingerprint density at radius 2 is 1.96 bits per heavy atom. The molecular formula is C23H24FNOS. The Morgan fingerprint density at radius 1 is 1.11 bits per heavy atom. The molecule has 0 amide bonds. The maximum absolute atomic E-state index is 14.7. The second kappa shape index (κ2) is 8.32. The van der Waals surface area contributed by atoms with Crippen molar-refractivity contribution in [2.45, 2.75) is 42.6 Å². The Bertz CT molecular complexity index is 892. The van der Waals surface area contributed by atoms with Crippen molar-refractivity contribution in [3.05, 3.63) is 89.5 Å². The molecule has 0 saturated carbocycles. The van der Waals surface area contributed by atoms with Gasteiger partial charge < -0.3 is 9.30 Å². The smallest absolute Gasteiger partial charge is 0.129 e. The lowest BCUT2D eigenvalue weighted by molar-refractivity contribution is 0.0202. The zero-order valence-electron chi connectivity index (χ0n) is 15.5. The number of rotatable bonds is 5. The summed E-state index contributed by atoms with van der Waals surface area (Å²) in [6, 6.07) is 20.0. The zero-order valence-corrected chi connectivity index (χ0v) is 16.3. The van der Waals surface area contributed by atoms with Gasteiger partial charge in [-0.05, 0) is 49.6 Å². The van der Waals surface area contributed by atoms with Crippen LogP contribution in [0.5, 0.6) is 0 Å². The fraction of sp³-hybridized carbons (Fsp3) is 0.304. The first-order valence-corrected chi connectivity index (χ1v) is 10.3. The molecule has 1 aliphatic heterocycles. The van der Waals surface area contributed by atoms with Crippen LogP contribution in [-0.2, 0) is 11.3 Å². The second-order valence-corrected chi connectivity index (χ2v) is 8.34. The lowest BCUT2D eigenvalue weighted by atomic mass is 10.0. The number of benzene rings is 2. The Hall–Kier alpha value is -2.04. The molecular weight excluding hydrogens is 357 g/mol. The van der Waals surface area contributed by atoms with E-state index in [2.05, 4.69) is 16.7 Å². The van der Waals surface area contributed by atoms with E-state index in [1.807, 2.05) is 55.6 Å². The van der Waals surface area contributed by atoms with Gasteiger partial charge in [0.15, 0.2) is 0 Å². The molecule has 0 aliphatic carbocycles. The predicted octanol–water partition coefficient (Wildman–Crippen LogP) is 6.00. The summed E-state index contributed by atoms with van der Waals surface area (Å²) in [5.41, 5.74) is 3.06. The summed E-state index contributed by atoms with van der Waals surface area (Å²) < 4.78 is 22.8. The molecule has 4 heteroatoms. The first kappa shape index (κ1) is 18.3. The topological polar surface area (TPSA) is 14.2 Å². The van der Waals surface area contributed by atoms with Gasteiger partial charge in [0.25, 0.3) is 0 Å². The molecule has 140 valence electrons. The number of halogens is 1. The third-order valence-electron chi connectivity index (χ3n) is 5.11. The van der Waals surface area contributed by atoms with Gasteiger partial charge in [-0.25, -0.2) is 4.39 Å². The van der Waals surface area contributed by atoms with Crippen molar-refractivity contribution >= 4 is 11.8 Å². The molecule has 3 aromatic rings. The minimum absolute atomic E-state index is 0.0650. The molecule has 2 unspecified atom stereocenters. The highest BCUT2D eigenvalue weighted by Gasteiger charge is 2.28. The van der Waals surface area contributed by atoms with Gasteiger partial charge in [-0.15, -0.1) is 11.8 Å². The maximum atomic E-state index is 14.7. The van der Waals surface area contributed by atoms with Crippen LogP contribution in [0.15, 0.2) is 71.8 Å². The third kappa shape index (κ3) is 4.28. The van der Waals surface area contributed by atoms with E-state index in [0.717, 1.165) is 35.6 Å². The van der Waals surface area contributed by atoms with Gasteiger partial charge in [0, 0.05) is 34.2 Å². The van der Waals surface area contributed by atoms with Crippen LogP contribution in [0, 0.1) is 12.7 Å². The van der Waals surface area contributed by atoms with Crippen LogP contribution in [0.25, 0.3) is 0 Å². The van der Waals surface area contributed by atoms with Gasteiger partial charge in [0.1, 0.15) is 5.82 Å². The van der Waals surface area contributed by atoms with Gasteiger partial charge in [-0.2, -0.15) is 0 Å². The van der Waals surface area contributed by atoms with Crippen LogP contribution in [-0.4, -0.2) is 16.4 Å². The quantitative estimate of drug-likeness (QED) is 0.538. The second-order valence-electron chi connectivity index (χ2n) is 7.03. The first-order valence-electron chi connectivity index (χ1n) is 9.44. The van der Waals surface area contributed by atoms with E-state index >= 15 is 0 Å². The molecule has 1 aliphatic rings. The van der Waals surface area contributed by atoms with E-state index in [0.29, 0.717) is 11.8 Å². The molecule has 2 atom stereocenters. The Balaban J connectivity index is 1.50. The van der Waals surface area contributed by atoms with Crippen molar-refractivity contribution in [1.29, 1.82) is 0 Å². The van der Waals surface area contributed by atoms with Crippen molar-refractivity contribution in [2.24, 2.45) is 0 Å². The highest BCUT2D eigenvalue weighted by atomic mass is 32.2. The average molecular weight is 382 g/mol. The lowest BCUT2D eigenvalue weighted by Crippen LogP contribution is -2.24. The fourth-order valence-electron chi connectivity index (χ4n) is 3.59. The number of hydrogen-bond acceptors (Lipinski definition) is 2. The minimum atomic E-state index is -0.138. The monoisotopic (exact) mass is 381 g/mol. The van der Waals surface area contributed by atoms with Crippen molar-refractivity contribution in [3.63, 3.8) is 0 Å². The Labute approximate surface area is 164 Å². The molecule has 0 N–H and O–H groups in total. The predicted molar refractivity (Wildman–Crippen MR) is 109 cm³/mol. The minimum Gasteiger partial charge on any atom is -0.372 e. The van der Waals surface area contributed by atoms with E-state index in [9.17, 15) is 4.39 Å². The SMILES string of the molecule is Cc1cccn1Cc1ccc(SC2CCCOC2c2ccccc2)cc1F. The molecule has 4 rings (SSSR count). The molecule has 0 radical (unpaired) electrons. The largest absolute Gasteiger partial charge is 0.372 e. The summed E-state index contributed by atoms with van der Waals surface area (Å²) in [7, 11) is 0. The first-order chi connectivity index (χ1) is 13.2. The van der Waals surface area contributed by atoms with E-state index in [4.69, 9.17) is 4.74 Å². The van der Waals surface area contributed by atoms with Crippen molar-refractivity contribution in [3.8, 4) is 0 Å². The van der Waals surface area contributed by atoms with Crippen molar-refractivity contribution in [1.82, 2.24) is 4.57 Å². The van der Waals surface area contributed by atoms with E-state index in [1.165, 1.54) is 5.56 Å². The van der Waals surface area contributed by atoms with E-state index in [1.54, 1.807) is 17.8 Å². The summed E-state index contributed by atoms with van der Waals surface area (Å²) in [5, 5.41) is 0.304. The van der Waals surface area contributed by atoms with Gasteiger partial charge >= 0.3 is 0 Å². The van der Waals surface area contributed by atoms with Crippen LogP contribution >= 0.6 is 11.8 Å². The summed E-state index contributed by atoms with van der Waals surface area (Å²) in [6.07, 6.45) is 4.18. The van der Waals surface area contributed by atoms with Gasteiger partial charge in [0.2, 0.25) is 0 Å². The average Bonchev–Trinajstić information content (AvgIpc) is 3.10. The van der Waals surface area contributed by atoms with Crippen LogP contribution in [0.2, 0.25) is 0 Å². The molecule has 1 saturated heterocycles. The summed E-state index contributed by atoms with van der Waals surface area (Å²) in [5.74, 6) is -0.138. The van der Waals surface area contributed by atoms with Crippen LogP contribution in [0.3, 0.4) is 0 Å². The molecule has 2 heterocycles. The van der Waals surface area contributed by atoms with Gasteiger partial charge in [-0.3, -0.25) is 0 Å². The molecule has 0 spiro atoms. The summed E-state index contributed by atoms with van der Waals surface area (Å²) in [4.78, 5) is 0.969. The van der Waals surface area contributed by atoms with Crippen LogP contribution < -0.4 is 0 Å². The van der Waals surface area contributed by atoms with Gasteiger partial charge in [-0.1, -0.05) is 36.4 Å². The van der Waals surface area contributed by atoms with E-state index < -0.39 is 0 Å². The Morgan fingerprint density at radius 3 is 2.70 bits per heavy atom. The van der Waals surface area contributed by atoms with Crippen molar-refractivity contribution < 1.29 is 9.13 Å². The zero-order chi connectivity index (χ0) is 18.6. The normalized spacial score (nSPS) is 19.9. The van der Waals surface area contributed by atoms with Crippen molar-refractivity contribution in [2.75, 3.05) is 6.61 Å². The number of ether oxygens (including phenoxy) is 1. The summed E-state index contributed by atoms with van der Waals surface area (Å²) in [6.45, 7) is 3.39. The molecule has 2 nitrogen and oxygen atoms in total. The fourth-order valence-corrected chi connectivity index (χ4v) is 4.90. The maximum Gasteiger partial charge on any atom is 0.129 e. The third-order valence-corrected chi connectivity index (χ3v) is 6.42. The number of hydrogen-bond donors (Lipinski definition) is 0. The van der Waals surface area contributed by atoms with E-state index in [-0.39, 0.29) is 11.9 Å². The molecule has 0 bridgehead atoms. The molecule has 27 heavy (non-hydrogen) atoms. The Kier molecular flexibility index (Phi) is 5.65. The number of nitrogens with zero attached hydrogens (tertiary/aromatic N) is 1. The summed E-state index contributed by atoms with van der Waals surface area (Å²) >= 11 is 1.73. The van der Waals surface area contributed by atoms with Crippen LogP contribution in [0.4, 0.5) is 4.39 Å². The number of aromatic nitrogens is 1.